The van der Waals surface area contributed by atoms with Crippen LogP contribution in [0.5, 0.6) is 0 Å². The molecule has 8 heteroatoms. The van der Waals surface area contributed by atoms with Crippen molar-refractivity contribution in [3.63, 3.8) is 0 Å². The first-order valence-electron chi connectivity index (χ1n) is 6.19. The van der Waals surface area contributed by atoms with Gasteiger partial charge in [0, 0.05) is 12.3 Å². The number of fused-ring (bicyclic) bond motifs is 1. The van der Waals surface area contributed by atoms with E-state index in [1.165, 1.54) is 0 Å². The molecule has 0 saturated carbocycles. The van der Waals surface area contributed by atoms with Gasteiger partial charge in [-0.25, -0.2) is 21.6 Å². The quantitative estimate of drug-likeness (QED) is 0.766. The normalized spacial score (nSPS) is 22.7. The molecule has 0 amide bonds. The second-order valence-corrected chi connectivity index (χ2v) is 9.24. The first-order chi connectivity index (χ1) is 9.18. The zero-order valence-electron chi connectivity index (χ0n) is 11.1. The van der Waals surface area contributed by atoms with Gasteiger partial charge in [-0.05, 0) is 17.5 Å². The molecule has 0 heterocycles. The molecule has 0 radical (unpaired) electrons. The van der Waals surface area contributed by atoms with Crippen molar-refractivity contribution in [3.8, 4) is 0 Å². The molecule has 1 aromatic rings. The SMILES string of the molecule is CS(=O)(=O)CCS(=O)(=O)NC1c2ccccc2CC1N. The molecule has 1 aliphatic carbocycles. The standard InChI is InChI=1S/C12H18N2O4S2/c1-19(15,16)6-7-20(17,18)14-12-10-5-3-2-4-9(10)8-11(12)13/h2-5,11-12,14H,6-8,13H2,1H3. The van der Waals surface area contributed by atoms with Crippen LogP contribution in [0, 0.1) is 0 Å². The number of sulfone groups is 1. The van der Waals surface area contributed by atoms with Crippen molar-refractivity contribution in [2.45, 2.75) is 18.5 Å². The number of hydrogen-bond donors (Lipinski definition) is 2. The van der Waals surface area contributed by atoms with Crippen LogP contribution in [-0.4, -0.2) is 40.6 Å². The predicted octanol–water partition coefficient (Wildman–Crippen LogP) is -0.425. The Kier molecular flexibility index (Phi) is 4.19. The average Bonchev–Trinajstić information content (AvgIpc) is 2.63. The van der Waals surface area contributed by atoms with E-state index in [9.17, 15) is 16.8 Å². The molecular formula is C12H18N2O4S2. The first-order valence-corrected chi connectivity index (χ1v) is 9.90. The Hall–Kier alpha value is -0.960. The van der Waals surface area contributed by atoms with Gasteiger partial charge in [0.05, 0.1) is 17.5 Å². The molecule has 2 rings (SSSR count). The van der Waals surface area contributed by atoms with E-state index in [1.807, 2.05) is 24.3 Å². The van der Waals surface area contributed by atoms with Gasteiger partial charge in [-0.2, -0.15) is 0 Å². The van der Waals surface area contributed by atoms with Gasteiger partial charge in [0.15, 0.2) is 0 Å². The maximum Gasteiger partial charge on any atom is 0.213 e. The maximum absolute atomic E-state index is 12.0. The highest BCUT2D eigenvalue weighted by Crippen LogP contribution is 2.30. The zero-order valence-corrected chi connectivity index (χ0v) is 12.7. The summed E-state index contributed by atoms with van der Waals surface area (Å²) in [6.07, 6.45) is 1.62. The third kappa shape index (κ3) is 3.78. The van der Waals surface area contributed by atoms with Crippen LogP contribution < -0.4 is 10.5 Å². The van der Waals surface area contributed by atoms with Crippen molar-refractivity contribution in [2.24, 2.45) is 5.73 Å². The van der Waals surface area contributed by atoms with Gasteiger partial charge in [0.2, 0.25) is 10.0 Å². The molecule has 2 unspecified atom stereocenters. The Morgan fingerprint density at radius 3 is 2.50 bits per heavy atom. The van der Waals surface area contributed by atoms with Crippen LogP contribution in [0.3, 0.4) is 0 Å². The second-order valence-electron chi connectivity index (χ2n) is 5.11. The fourth-order valence-corrected chi connectivity index (χ4v) is 5.19. The highest BCUT2D eigenvalue weighted by Gasteiger charge is 2.32. The van der Waals surface area contributed by atoms with Crippen LogP contribution in [0.4, 0.5) is 0 Å². The summed E-state index contributed by atoms with van der Waals surface area (Å²) in [7, 11) is -7.00. The number of sulfonamides is 1. The summed E-state index contributed by atoms with van der Waals surface area (Å²) in [5.74, 6) is -0.844. The van der Waals surface area contributed by atoms with Gasteiger partial charge in [-0.1, -0.05) is 24.3 Å². The lowest BCUT2D eigenvalue weighted by Crippen LogP contribution is -2.40. The highest BCUT2D eigenvalue weighted by molar-refractivity contribution is 7.93. The van der Waals surface area contributed by atoms with E-state index in [0.29, 0.717) is 6.42 Å². The van der Waals surface area contributed by atoms with E-state index in [0.717, 1.165) is 17.4 Å². The summed E-state index contributed by atoms with van der Waals surface area (Å²) < 4.78 is 48.6. The maximum atomic E-state index is 12.0. The molecule has 2 atom stereocenters. The minimum Gasteiger partial charge on any atom is -0.326 e. The van der Waals surface area contributed by atoms with Crippen LogP contribution in [0.25, 0.3) is 0 Å². The van der Waals surface area contributed by atoms with Crippen LogP contribution in [-0.2, 0) is 26.3 Å². The lowest BCUT2D eigenvalue weighted by Gasteiger charge is -2.18. The highest BCUT2D eigenvalue weighted by atomic mass is 32.2. The van der Waals surface area contributed by atoms with E-state index in [1.54, 1.807) is 0 Å². The fourth-order valence-electron chi connectivity index (χ4n) is 2.29. The van der Waals surface area contributed by atoms with Crippen molar-refractivity contribution in [2.75, 3.05) is 17.8 Å². The van der Waals surface area contributed by atoms with Crippen molar-refractivity contribution >= 4 is 19.9 Å². The third-order valence-electron chi connectivity index (χ3n) is 3.30. The minimum atomic E-state index is -3.68. The molecule has 0 aromatic heterocycles. The molecule has 112 valence electrons. The fraction of sp³-hybridized carbons (Fsp3) is 0.500. The smallest absolute Gasteiger partial charge is 0.213 e. The number of benzene rings is 1. The Bertz CT molecular complexity index is 698. The molecule has 0 bridgehead atoms. The number of nitrogens with two attached hydrogens (primary N) is 1. The molecule has 6 nitrogen and oxygen atoms in total. The van der Waals surface area contributed by atoms with E-state index in [-0.39, 0.29) is 6.04 Å². The largest absolute Gasteiger partial charge is 0.326 e. The molecule has 20 heavy (non-hydrogen) atoms. The number of rotatable bonds is 5. The second kappa shape index (κ2) is 5.44. The summed E-state index contributed by atoms with van der Waals surface area (Å²) in [4.78, 5) is 0. The molecule has 0 spiro atoms. The molecule has 0 fully saturated rings. The van der Waals surface area contributed by atoms with E-state index < -0.39 is 37.4 Å². The zero-order chi connectivity index (χ0) is 15.0. The van der Waals surface area contributed by atoms with Crippen LogP contribution in [0.2, 0.25) is 0 Å². The summed E-state index contributed by atoms with van der Waals surface area (Å²) in [5.41, 5.74) is 7.86. The van der Waals surface area contributed by atoms with Gasteiger partial charge in [-0.3, -0.25) is 0 Å². The van der Waals surface area contributed by atoms with E-state index in [4.69, 9.17) is 5.73 Å². The number of nitrogens with one attached hydrogen (secondary N) is 1. The molecule has 1 aliphatic rings. The minimum absolute atomic E-state index is 0.333. The predicted molar refractivity (Wildman–Crippen MR) is 77.5 cm³/mol. The van der Waals surface area contributed by atoms with Gasteiger partial charge in [0.25, 0.3) is 0 Å². The average molecular weight is 318 g/mol. The lowest BCUT2D eigenvalue weighted by atomic mass is 10.1. The topological polar surface area (TPSA) is 106 Å². The van der Waals surface area contributed by atoms with Gasteiger partial charge < -0.3 is 5.73 Å². The van der Waals surface area contributed by atoms with Gasteiger partial charge >= 0.3 is 0 Å². The van der Waals surface area contributed by atoms with Crippen molar-refractivity contribution in [1.82, 2.24) is 4.72 Å². The van der Waals surface area contributed by atoms with Crippen molar-refractivity contribution in [3.05, 3.63) is 35.4 Å². The Labute approximate surface area is 119 Å². The van der Waals surface area contributed by atoms with Crippen LogP contribution >= 0.6 is 0 Å². The molecule has 0 aliphatic heterocycles. The Balaban J connectivity index is 2.14. The van der Waals surface area contributed by atoms with Crippen LogP contribution in [0.15, 0.2) is 24.3 Å². The lowest BCUT2D eigenvalue weighted by molar-refractivity contribution is 0.518. The van der Waals surface area contributed by atoms with Gasteiger partial charge in [-0.15, -0.1) is 0 Å². The summed E-state index contributed by atoms with van der Waals surface area (Å²) in [6.45, 7) is 0. The Morgan fingerprint density at radius 1 is 1.20 bits per heavy atom. The molecule has 3 N–H and O–H groups in total. The van der Waals surface area contributed by atoms with E-state index in [2.05, 4.69) is 4.72 Å². The van der Waals surface area contributed by atoms with E-state index >= 15 is 0 Å². The summed E-state index contributed by atoms with van der Waals surface area (Å²) in [6, 6.07) is 6.64. The summed E-state index contributed by atoms with van der Waals surface area (Å²) >= 11 is 0. The van der Waals surface area contributed by atoms with Crippen LogP contribution in [0.1, 0.15) is 17.2 Å². The molecule has 1 aromatic carbocycles. The molecule has 0 saturated heterocycles. The monoisotopic (exact) mass is 318 g/mol. The van der Waals surface area contributed by atoms with Crippen molar-refractivity contribution < 1.29 is 16.8 Å². The first kappa shape index (κ1) is 15.4. The third-order valence-corrected chi connectivity index (χ3v) is 5.86. The van der Waals surface area contributed by atoms with Crippen molar-refractivity contribution in [1.29, 1.82) is 0 Å². The molecular weight excluding hydrogens is 300 g/mol. The number of hydrogen-bond acceptors (Lipinski definition) is 5. The van der Waals surface area contributed by atoms with Gasteiger partial charge in [0.1, 0.15) is 9.84 Å². The Morgan fingerprint density at radius 2 is 1.85 bits per heavy atom. The summed E-state index contributed by atoms with van der Waals surface area (Å²) in [5, 5.41) is 0.